The Morgan fingerprint density at radius 1 is 1.03 bits per heavy atom. The molecule has 0 unspecified atom stereocenters. The highest BCUT2D eigenvalue weighted by molar-refractivity contribution is 7.92. The van der Waals surface area contributed by atoms with Crippen LogP contribution in [0.3, 0.4) is 0 Å². The van der Waals surface area contributed by atoms with Gasteiger partial charge in [0.15, 0.2) is 6.10 Å². The molecule has 0 saturated carbocycles. The maximum absolute atomic E-state index is 13.4. The van der Waals surface area contributed by atoms with Crippen LogP contribution in [0.1, 0.15) is 29.8 Å². The Labute approximate surface area is 204 Å². The first-order valence-electron chi connectivity index (χ1n) is 10.6. The molecule has 0 aliphatic carbocycles. The lowest BCUT2D eigenvalue weighted by Crippen LogP contribution is -2.32. The third-order valence-electron chi connectivity index (χ3n) is 5.07. The van der Waals surface area contributed by atoms with Crippen molar-refractivity contribution in [2.24, 2.45) is 0 Å². The molecule has 0 spiro atoms. The molecule has 0 bridgehead atoms. The highest BCUT2D eigenvalue weighted by Gasteiger charge is 2.27. The number of benzene rings is 3. The monoisotopic (exact) mass is 500 g/mol. The topological polar surface area (TPSA) is 92.8 Å². The van der Waals surface area contributed by atoms with E-state index in [-0.39, 0.29) is 17.0 Å². The molecule has 34 heavy (non-hydrogen) atoms. The number of nitrogens with one attached hydrogen (secondary N) is 1. The van der Waals surface area contributed by atoms with Gasteiger partial charge >= 0.3 is 5.97 Å². The Kier molecular flexibility index (Phi) is 7.96. The van der Waals surface area contributed by atoms with Crippen LogP contribution in [-0.4, -0.2) is 32.9 Å². The molecule has 3 aromatic carbocycles. The number of esters is 1. The second-order valence-corrected chi connectivity index (χ2v) is 9.80. The Morgan fingerprint density at radius 3 is 2.38 bits per heavy atom. The van der Waals surface area contributed by atoms with Gasteiger partial charge in [-0.05, 0) is 68.8 Å². The van der Waals surface area contributed by atoms with E-state index in [4.69, 9.17) is 16.3 Å². The Hall–Kier alpha value is -3.36. The molecule has 0 aromatic heterocycles. The van der Waals surface area contributed by atoms with Crippen molar-refractivity contribution in [2.75, 3.05) is 16.2 Å². The van der Waals surface area contributed by atoms with E-state index in [0.717, 1.165) is 0 Å². The molecular formula is C25H25ClN2O5S. The smallest absolute Gasteiger partial charge is 0.338 e. The number of ether oxygens (including phenoxy) is 1. The largest absolute Gasteiger partial charge is 0.449 e. The van der Waals surface area contributed by atoms with Crippen LogP contribution in [0.4, 0.5) is 11.4 Å². The molecule has 0 aliphatic rings. The third-order valence-corrected chi connectivity index (χ3v) is 7.35. The number of nitrogens with zero attached hydrogens (tertiary/aromatic N) is 1. The summed E-state index contributed by atoms with van der Waals surface area (Å²) in [4.78, 5) is 25.1. The van der Waals surface area contributed by atoms with Gasteiger partial charge in [0, 0.05) is 17.3 Å². The minimum Gasteiger partial charge on any atom is -0.449 e. The summed E-state index contributed by atoms with van der Waals surface area (Å²) in [5, 5.41) is 3.07. The molecule has 1 N–H and O–H groups in total. The van der Waals surface area contributed by atoms with E-state index in [9.17, 15) is 18.0 Å². The van der Waals surface area contributed by atoms with E-state index in [1.165, 1.54) is 23.4 Å². The second-order valence-electron chi connectivity index (χ2n) is 7.53. The summed E-state index contributed by atoms with van der Waals surface area (Å²) in [5.41, 5.74) is 1.49. The van der Waals surface area contributed by atoms with Crippen molar-refractivity contribution in [3.05, 3.63) is 88.9 Å². The number of hydrogen-bond acceptors (Lipinski definition) is 5. The van der Waals surface area contributed by atoms with E-state index in [1.54, 1.807) is 74.5 Å². The van der Waals surface area contributed by atoms with Gasteiger partial charge in [-0.3, -0.25) is 9.10 Å². The normalized spacial score (nSPS) is 12.0. The molecule has 0 radical (unpaired) electrons. The number of halogens is 1. The highest BCUT2D eigenvalue weighted by Crippen LogP contribution is 2.26. The molecule has 0 heterocycles. The molecule has 7 nitrogen and oxygen atoms in total. The van der Waals surface area contributed by atoms with Crippen LogP contribution < -0.4 is 9.62 Å². The zero-order chi connectivity index (χ0) is 24.9. The molecule has 1 amide bonds. The van der Waals surface area contributed by atoms with Crippen LogP contribution in [0.2, 0.25) is 5.02 Å². The zero-order valence-corrected chi connectivity index (χ0v) is 20.6. The summed E-state index contributed by atoms with van der Waals surface area (Å²) < 4.78 is 33.4. The minimum absolute atomic E-state index is 0.0105. The van der Waals surface area contributed by atoms with Gasteiger partial charge in [-0.25, -0.2) is 13.2 Å². The molecular weight excluding hydrogens is 476 g/mol. The first-order valence-corrected chi connectivity index (χ1v) is 12.4. The van der Waals surface area contributed by atoms with Crippen molar-refractivity contribution in [3.8, 4) is 0 Å². The maximum Gasteiger partial charge on any atom is 0.338 e. The molecule has 1 atom stereocenters. The molecule has 0 aliphatic heterocycles. The summed E-state index contributed by atoms with van der Waals surface area (Å²) in [7, 11) is -3.95. The van der Waals surface area contributed by atoms with E-state index in [0.29, 0.717) is 22.0 Å². The fourth-order valence-electron chi connectivity index (χ4n) is 3.30. The van der Waals surface area contributed by atoms with Gasteiger partial charge in [-0.2, -0.15) is 0 Å². The van der Waals surface area contributed by atoms with Crippen molar-refractivity contribution < 1.29 is 22.7 Å². The Balaban J connectivity index is 1.80. The Bertz CT molecular complexity index is 1300. The number of sulfonamides is 1. The van der Waals surface area contributed by atoms with Gasteiger partial charge in [0.1, 0.15) is 0 Å². The summed E-state index contributed by atoms with van der Waals surface area (Å²) in [6.45, 7) is 5.03. The fourth-order valence-corrected chi connectivity index (χ4v) is 5.22. The second kappa shape index (κ2) is 10.7. The lowest BCUT2D eigenvalue weighted by molar-refractivity contribution is -0.123. The van der Waals surface area contributed by atoms with Crippen molar-refractivity contribution >= 4 is 44.9 Å². The number of anilines is 2. The number of rotatable bonds is 8. The summed E-state index contributed by atoms with van der Waals surface area (Å²) in [6.07, 6.45) is -1.12. The van der Waals surface area contributed by atoms with Crippen molar-refractivity contribution in [2.45, 2.75) is 31.8 Å². The van der Waals surface area contributed by atoms with Crippen molar-refractivity contribution in [1.29, 1.82) is 0 Å². The van der Waals surface area contributed by atoms with Gasteiger partial charge in [0.2, 0.25) is 0 Å². The van der Waals surface area contributed by atoms with E-state index in [2.05, 4.69) is 5.32 Å². The number of amides is 1. The SMILES string of the molecule is CCN(c1ccccc1)S(=O)(=O)c1cc(C(=O)O[C@@H](C)C(=O)Nc2cccc(Cl)c2)ccc1C. The number of carbonyl (C=O) groups is 2. The highest BCUT2D eigenvalue weighted by atomic mass is 35.5. The average Bonchev–Trinajstić information content (AvgIpc) is 2.80. The summed E-state index contributed by atoms with van der Waals surface area (Å²) in [5.74, 6) is -1.36. The van der Waals surface area contributed by atoms with Crippen LogP contribution in [0.25, 0.3) is 0 Å². The third kappa shape index (κ3) is 5.76. The lowest BCUT2D eigenvalue weighted by Gasteiger charge is -2.24. The van der Waals surface area contributed by atoms with Gasteiger partial charge in [0.05, 0.1) is 16.1 Å². The quantitative estimate of drug-likeness (QED) is 0.437. The zero-order valence-electron chi connectivity index (χ0n) is 19.0. The molecule has 0 fully saturated rings. The number of hydrogen-bond donors (Lipinski definition) is 1. The van der Waals surface area contributed by atoms with E-state index < -0.39 is 28.0 Å². The van der Waals surface area contributed by atoms with E-state index >= 15 is 0 Å². The van der Waals surface area contributed by atoms with E-state index in [1.807, 2.05) is 0 Å². The van der Waals surface area contributed by atoms with Crippen LogP contribution >= 0.6 is 11.6 Å². The number of carbonyl (C=O) groups excluding carboxylic acids is 2. The summed E-state index contributed by atoms with van der Waals surface area (Å²) >= 11 is 5.92. The average molecular weight is 501 g/mol. The first-order chi connectivity index (χ1) is 16.1. The van der Waals surface area contributed by atoms with Gasteiger partial charge in [-0.15, -0.1) is 0 Å². The molecule has 3 aromatic rings. The van der Waals surface area contributed by atoms with Crippen LogP contribution in [0.5, 0.6) is 0 Å². The summed E-state index contributed by atoms with van der Waals surface area (Å²) in [6, 6.07) is 19.6. The molecule has 178 valence electrons. The number of aryl methyl sites for hydroxylation is 1. The van der Waals surface area contributed by atoms with Gasteiger partial charge in [-0.1, -0.05) is 41.9 Å². The first kappa shape index (κ1) is 25.3. The number of para-hydroxylation sites is 1. The predicted octanol–water partition coefficient (Wildman–Crippen LogP) is 5.05. The van der Waals surface area contributed by atoms with Crippen LogP contribution in [0, 0.1) is 6.92 Å². The molecule has 9 heteroatoms. The lowest BCUT2D eigenvalue weighted by atomic mass is 10.1. The minimum atomic E-state index is -3.95. The predicted molar refractivity (Wildman–Crippen MR) is 133 cm³/mol. The van der Waals surface area contributed by atoms with Crippen LogP contribution in [0.15, 0.2) is 77.7 Å². The molecule has 3 rings (SSSR count). The maximum atomic E-state index is 13.4. The van der Waals surface area contributed by atoms with Crippen LogP contribution in [-0.2, 0) is 19.6 Å². The molecule has 0 saturated heterocycles. The van der Waals surface area contributed by atoms with Crippen molar-refractivity contribution in [3.63, 3.8) is 0 Å². The fraction of sp³-hybridized carbons (Fsp3) is 0.200. The standard InChI is InChI=1S/C25H25ClN2O5S/c1-4-28(22-11-6-5-7-12-22)34(31,32)23-15-19(14-13-17(23)2)25(30)33-18(3)24(29)27-21-10-8-9-20(26)16-21/h5-16,18H,4H2,1-3H3,(H,27,29)/t18-/m0/s1. The van der Waals surface area contributed by atoms with Gasteiger partial charge < -0.3 is 10.1 Å². The van der Waals surface area contributed by atoms with Crippen molar-refractivity contribution in [1.82, 2.24) is 0 Å². The Morgan fingerprint density at radius 2 is 1.74 bits per heavy atom. The van der Waals surface area contributed by atoms with Gasteiger partial charge in [0.25, 0.3) is 15.9 Å².